The van der Waals surface area contributed by atoms with Crippen LogP contribution in [0.3, 0.4) is 0 Å². The summed E-state index contributed by atoms with van der Waals surface area (Å²) in [4.78, 5) is 11.6. The van der Waals surface area contributed by atoms with Crippen LogP contribution in [0.5, 0.6) is 0 Å². The summed E-state index contributed by atoms with van der Waals surface area (Å²) in [6.07, 6.45) is -4.11. The number of Topliss-reactive ketones (excluding diaryl/α,β-unsaturated/α-hetero) is 1. The summed E-state index contributed by atoms with van der Waals surface area (Å²) in [7, 11) is 0. The van der Waals surface area contributed by atoms with E-state index in [1.807, 2.05) is 13.8 Å². The molecule has 16 heavy (non-hydrogen) atoms. The Kier molecular flexibility index (Phi) is 2.16. The normalized spacial score (nSPS) is 18.7. The highest BCUT2D eigenvalue weighted by molar-refractivity contribution is 6.02. The molecule has 0 amide bonds. The Morgan fingerprint density at radius 1 is 1.25 bits per heavy atom. The van der Waals surface area contributed by atoms with Crippen LogP contribution >= 0.6 is 0 Å². The van der Waals surface area contributed by atoms with E-state index in [0.29, 0.717) is 5.56 Å². The average Bonchev–Trinajstić information content (AvgIpc) is 2.36. The fourth-order valence-corrected chi connectivity index (χ4v) is 2.13. The Labute approximate surface area is 91.3 Å². The van der Waals surface area contributed by atoms with Gasteiger partial charge in [-0.3, -0.25) is 4.79 Å². The van der Waals surface area contributed by atoms with Crippen LogP contribution in [0, 0.1) is 0 Å². The molecular weight excluding hydrogens is 217 g/mol. The minimum absolute atomic E-state index is 0.203. The van der Waals surface area contributed by atoms with Gasteiger partial charge in [0.1, 0.15) is 0 Å². The van der Waals surface area contributed by atoms with Crippen molar-refractivity contribution in [1.29, 1.82) is 0 Å². The third-order valence-electron chi connectivity index (χ3n) is 2.98. The van der Waals surface area contributed by atoms with Crippen molar-refractivity contribution >= 4 is 5.78 Å². The van der Waals surface area contributed by atoms with Gasteiger partial charge in [-0.05, 0) is 23.1 Å². The minimum atomic E-state index is -4.39. The predicted molar refractivity (Wildman–Crippen MR) is 53.4 cm³/mol. The summed E-state index contributed by atoms with van der Waals surface area (Å²) in [6.45, 7) is 3.73. The third-order valence-corrected chi connectivity index (χ3v) is 2.98. The summed E-state index contributed by atoms with van der Waals surface area (Å²) in [6, 6.07) is 3.43. The molecule has 0 bridgehead atoms. The minimum Gasteiger partial charge on any atom is -0.294 e. The SMILES string of the molecule is CC1(C)CC(=O)c2cc(C(F)(F)F)ccc21. The maximum absolute atomic E-state index is 12.5. The van der Waals surface area contributed by atoms with Gasteiger partial charge in [-0.1, -0.05) is 19.9 Å². The lowest BCUT2D eigenvalue weighted by Crippen LogP contribution is -2.13. The monoisotopic (exact) mass is 228 g/mol. The number of hydrogen-bond acceptors (Lipinski definition) is 1. The molecule has 2 rings (SSSR count). The molecule has 1 aliphatic carbocycles. The number of halogens is 3. The van der Waals surface area contributed by atoms with E-state index in [0.717, 1.165) is 12.1 Å². The Balaban J connectivity index is 2.57. The summed E-state index contributed by atoms with van der Waals surface area (Å²) in [5.41, 5.74) is -0.168. The van der Waals surface area contributed by atoms with Gasteiger partial charge in [-0.15, -0.1) is 0 Å². The number of carbonyl (C=O) groups is 1. The number of carbonyl (C=O) groups excluding carboxylic acids is 1. The first kappa shape index (κ1) is 11.2. The first-order valence-electron chi connectivity index (χ1n) is 4.97. The highest BCUT2D eigenvalue weighted by atomic mass is 19.4. The number of benzene rings is 1. The zero-order valence-corrected chi connectivity index (χ0v) is 8.98. The highest BCUT2D eigenvalue weighted by Gasteiger charge is 2.38. The van der Waals surface area contributed by atoms with Gasteiger partial charge >= 0.3 is 6.18 Å². The second kappa shape index (κ2) is 3.09. The van der Waals surface area contributed by atoms with E-state index in [4.69, 9.17) is 0 Å². The van der Waals surface area contributed by atoms with Crippen LogP contribution in [0.1, 0.15) is 41.8 Å². The molecule has 0 heterocycles. The molecule has 0 N–H and O–H groups in total. The molecule has 1 aliphatic rings. The molecule has 1 aromatic rings. The molecule has 0 aliphatic heterocycles. The quantitative estimate of drug-likeness (QED) is 0.663. The molecule has 0 fully saturated rings. The topological polar surface area (TPSA) is 17.1 Å². The van der Waals surface area contributed by atoms with Crippen LogP contribution in [0.2, 0.25) is 0 Å². The van der Waals surface area contributed by atoms with Crippen LogP contribution in [-0.4, -0.2) is 5.78 Å². The second-order valence-electron chi connectivity index (χ2n) is 4.74. The maximum atomic E-state index is 12.5. The molecule has 0 aromatic heterocycles. The molecular formula is C12H11F3O. The maximum Gasteiger partial charge on any atom is 0.416 e. The van der Waals surface area contributed by atoms with Crippen LogP contribution in [0.4, 0.5) is 13.2 Å². The standard InChI is InChI=1S/C12H11F3O/c1-11(2)6-10(16)8-5-7(12(13,14)15)3-4-9(8)11/h3-5H,6H2,1-2H3. The predicted octanol–water partition coefficient (Wildman–Crippen LogP) is 3.57. The van der Waals surface area contributed by atoms with Crippen molar-refractivity contribution in [3.05, 3.63) is 34.9 Å². The van der Waals surface area contributed by atoms with Gasteiger partial charge in [0, 0.05) is 12.0 Å². The van der Waals surface area contributed by atoms with Crippen molar-refractivity contribution in [3.63, 3.8) is 0 Å². The van der Waals surface area contributed by atoms with E-state index in [9.17, 15) is 18.0 Å². The van der Waals surface area contributed by atoms with Crippen LogP contribution in [0.15, 0.2) is 18.2 Å². The second-order valence-corrected chi connectivity index (χ2v) is 4.74. The molecule has 0 atom stereocenters. The molecule has 4 heteroatoms. The highest BCUT2D eigenvalue weighted by Crippen LogP contribution is 2.40. The summed E-state index contributed by atoms with van der Waals surface area (Å²) in [5, 5.41) is 0. The van der Waals surface area contributed by atoms with E-state index in [1.54, 1.807) is 0 Å². The van der Waals surface area contributed by atoms with E-state index in [-0.39, 0.29) is 23.2 Å². The third kappa shape index (κ3) is 1.62. The lowest BCUT2D eigenvalue weighted by atomic mass is 9.86. The lowest BCUT2D eigenvalue weighted by molar-refractivity contribution is -0.137. The fraction of sp³-hybridized carbons (Fsp3) is 0.417. The Hall–Kier alpha value is -1.32. The smallest absolute Gasteiger partial charge is 0.294 e. The van der Waals surface area contributed by atoms with Crippen molar-refractivity contribution in [2.45, 2.75) is 31.9 Å². The fourth-order valence-electron chi connectivity index (χ4n) is 2.13. The first-order valence-corrected chi connectivity index (χ1v) is 4.97. The van der Waals surface area contributed by atoms with Gasteiger partial charge in [0.25, 0.3) is 0 Å². The van der Waals surface area contributed by atoms with E-state index in [1.165, 1.54) is 6.07 Å². The molecule has 0 saturated heterocycles. The molecule has 86 valence electrons. The van der Waals surface area contributed by atoms with Gasteiger partial charge < -0.3 is 0 Å². The summed E-state index contributed by atoms with van der Waals surface area (Å²) in [5.74, 6) is -0.203. The molecule has 0 unspecified atom stereocenters. The van der Waals surface area contributed by atoms with Crippen LogP contribution < -0.4 is 0 Å². The number of ketones is 1. The van der Waals surface area contributed by atoms with Crippen molar-refractivity contribution < 1.29 is 18.0 Å². The zero-order valence-electron chi connectivity index (χ0n) is 8.98. The Morgan fingerprint density at radius 2 is 1.88 bits per heavy atom. The van der Waals surface area contributed by atoms with Gasteiger partial charge in [0.05, 0.1) is 5.56 Å². The van der Waals surface area contributed by atoms with Gasteiger partial charge in [-0.2, -0.15) is 13.2 Å². The summed E-state index contributed by atoms with van der Waals surface area (Å²) >= 11 is 0. The molecule has 0 saturated carbocycles. The lowest BCUT2D eigenvalue weighted by Gasteiger charge is -2.18. The van der Waals surface area contributed by atoms with Gasteiger partial charge in [-0.25, -0.2) is 0 Å². The number of alkyl halides is 3. The first-order chi connectivity index (χ1) is 7.22. The number of hydrogen-bond donors (Lipinski definition) is 0. The van der Waals surface area contributed by atoms with Crippen molar-refractivity contribution in [2.24, 2.45) is 0 Å². The van der Waals surface area contributed by atoms with Gasteiger partial charge in [0.2, 0.25) is 0 Å². The van der Waals surface area contributed by atoms with Crippen molar-refractivity contribution in [3.8, 4) is 0 Å². The zero-order chi connectivity index (χ0) is 12.1. The number of rotatable bonds is 0. The molecule has 1 aromatic carbocycles. The molecule has 1 nitrogen and oxygen atoms in total. The van der Waals surface area contributed by atoms with Gasteiger partial charge in [0.15, 0.2) is 5.78 Å². The largest absolute Gasteiger partial charge is 0.416 e. The van der Waals surface area contributed by atoms with Crippen LogP contribution in [0.25, 0.3) is 0 Å². The van der Waals surface area contributed by atoms with E-state index < -0.39 is 11.7 Å². The van der Waals surface area contributed by atoms with Crippen LogP contribution in [-0.2, 0) is 11.6 Å². The molecule has 0 spiro atoms. The van der Waals surface area contributed by atoms with Crippen molar-refractivity contribution in [1.82, 2.24) is 0 Å². The van der Waals surface area contributed by atoms with E-state index in [2.05, 4.69) is 0 Å². The average molecular weight is 228 g/mol. The Morgan fingerprint density at radius 3 is 2.44 bits per heavy atom. The van der Waals surface area contributed by atoms with E-state index >= 15 is 0 Å². The summed E-state index contributed by atoms with van der Waals surface area (Å²) < 4.78 is 37.4. The molecule has 0 radical (unpaired) electrons. The van der Waals surface area contributed by atoms with Crippen molar-refractivity contribution in [2.75, 3.05) is 0 Å². The number of fused-ring (bicyclic) bond motifs is 1. The Bertz CT molecular complexity index is 458.